The third-order valence-electron chi connectivity index (χ3n) is 4.40. The minimum absolute atomic E-state index is 0.000101. The maximum absolute atomic E-state index is 12.0. The highest BCUT2D eigenvalue weighted by atomic mass is 16.5. The number of hydrogen-bond donors (Lipinski definition) is 2. The second kappa shape index (κ2) is 10.3. The summed E-state index contributed by atoms with van der Waals surface area (Å²) in [5.41, 5.74) is 3.66. The molecule has 0 fully saturated rings. The van der Waals surface area contributed by atoms with Gasteiger partial charge in [0.1, 0.15) is 0 Å². The fourth-order valence-electron chi connectivity index (χ4n) is 2.78. The molecule has 2 aromatic rings. The molecule has 148 valence electrons. The van der Waals surface area contributed by atoms with Crippen LogP contribution in [0.3, 0.4) is 0 Å². The minimum atomic E-state index is -0.516. The molecule has 2 N–H and O–H groups in total. The molecule has 0 saturated carbocycles. The van der Waals surface area contributed by atoms with E-state index in [4.69, 9.17) is 4.74 Å². The first-order valence-electron chi connectivity index (χ1n) is 9.20. The molecule has 1 atom stereocenters. The molecule has 2 aromatic carbocycles. The highest BCUT2D eigenvalue weighted by Gasteiger charge is 2.14. The van der Waals surface area contributed by atoms with E-state index in [1.165, 1.54) is 0 Å². The van der Waals surface area contributed by atoms with E-state index < -0.39 is 18.5 Å². The summed E-state index contributed by atoms with van der Waals surface area (Å²) in [6, 6.07) is 15.3. The van der Waals surface area contributed by atoms with Crippen LogP contribution in [-0.2, 0) is 19.1 Å². The van der Waals surface area contributed by atoms with Crippen molar-refractivity contribution < 1.29 is 19.1 Å². The number of ether oxygens (including phenoxy) is 1. The quantitative estimate of drug-likeness (QED) is 0.687. The number of esters is 1. The molecule has 28 heavy (non-hydrogen) atoms. The number of anilines is 1. The molecule has 0 aromatic heterocycles. The Labute approximate surface area is 165 Å². The standard InChI is InChI=1S/C22H26N2O4/c1-15-8-7-9-16(2)22(15)24-19(25)13-23-20(26)14-28-21(27)12-17(3)18-10-5-4-6-11-18/h4-11,17H,12-14H2,1-3H3,(H,23,26)(H,24,25)/t17-/m1/s1. The largest absolute Gasteiger partial charge is 0.456 e. The molecule has 0 saturated heterocycles. The van der Waals surface area contributed by atoms with Gasteiger partial charge in [-0.05, 0) is 36.5 Å². The Morgan fingerprint density at radius 2 is 1.57 bits per heavy atom. The van der Waals surface area contributed by atoms with E-state index in [1.54, 1.807) is 0 Å². The van der Waals surface area contributed by atoms with Crippen LogP contribution in [0.4, 0.5) is 5.69 Å². The predicted octanol–water partition coefficient (Wildman–Crippen LogP) is 3.10. The molecule has 0 aliphatic rings. The second-order valence-corrected chi connectivity index (χ2v) is 6.77. The Kier molecular flexibility index (Phi) is 7.75. The van der Waals surface area contributed by atoms with Crippen molar-refractivity contribution in [3.8, 4) is 0 Å². The zero-order valence-corrected chi connectivity index (χ0v) is 16.5. The van der Waals surface area contributed by atoms with Gasteiger partial charge in [0.05, 0.1) is 13.0 Å². The van der Waals surface area contributed by atoms with Crippen LogP contribution in [0.2, 0.25) is 0 Å². The first kappa shape index (κ1) is 21.2. The zero-order valence-electron chi connectivity index (χ0n) is 16.5. The molecule has 6 heteroatoms. The van der Waals surface area contributed by atoms with E-state index in [-0.39, 0.29) is 24.8 Å². The Morgan fingerprint density at radius 1 is 0.929 bits per heavy atom. The summed E-state index contributed by atoms with van der Waals surface area (Å²) in [7, 11) is 0. The predicted molar refractivity (Wildman–Crippen MR) is 108 cm³/mol. The maximum atomic E-state index is 12.0. The molecule has 0 spiro atoms. The average molecular weight is 382 g/mol. The van der Waals surface area contributed by atoms with Gasteiger partial charge in [0.15, 0.2) is 6.61 Å². The number of rotatable bonds is 8. The van der Waals surface area contributed by atoms with Crippen LogP contribution in [0.5, 0.6) is 0 Å². The lowest BCUT2D eigenvalue weighted by Crippen LogP contribution is -2.35. The van der Waals surface area contributed by atoms with Crippen molar-refractivity contribution >= 4 is 23.5 Å². The van der Waals surface area contributed by atoms with Crippen molar-refractivity contribution in [1.82, 2.24) is 5.32 Å². The van der Waals surface area contributed by atoms with Gasteiger partial charge >= 0.3 is 5.97 Å². The highest BCUT2D eigenvalue weighted by molar-refractivity contribution is 5.96. The lowest BCUT2D eigenvalue weighted by Gasteiger charge is -2.13. The van der Waals surface area contributed by atoms with Gasteiger partial charge in [0.2, 0.25) is 5.91 Å². The van der Waals surface area contributed by atoms with Crippen LogP contribution in [-0.4, -0.2) is 30.9 Å². The van der Waals surface area contributed by atoms with Gasteiger partial charge in [-0.1, -0.05) is 55.5 Å². The van der Waals surface area contributed by atoms with Crippen LogP contribution in [0, 0.1) is 13.8 Å². The molecular weight excluding hydrogens is 356 g/mol. The average Bonchev–Trinajstić information content (AvgIpc) is 2.68. The topological polar surface area (TPSA) is 84.5 Å². The van der Waals surface area contributed by atoms with Gasteiger partial charge in [-0.15, -0.1) is 0 Å². The molecule has 2 rings (SSSR count). The first-order valence-corrected chi connectivity index (χ1v) is 9.20. The van der Waals surface area contributed by atoms with Crippen molar-refractivity contribution in [2.75, 3.05) is 18.5 Å². The zero-order chi connectivity index (χ0) is 20.5. The number of aryl methyl sites for hydroxylation is 2. The van der Waals surface area contributed by atoms with Crippen LogP contribution in [0.25, 0.3) is 0 Å². The van der Waals surface area contributed by atoms with Crippen LogP contribution in [0.1, 0.15) is 36.0 Å². The van der Waals surface area contributed by atoms with Crippen molar-refractivity contribution in [2.45, 2.75) is 33.1 Å². The summed E-state index contributed by atoms with van der Waals surface area (Å²) in [5, 5.41) is 5.24. The third kappa shape index (κ3) is 6.54. The summed E-state index contributed by atoms with van der Waals surface area (Å²) in [6.07, 6.45) is 0.185. The Balaban J connectivity index is 1.70. The minimum Gasteiger partial charge on any atom is -0.456 e. The monoisotopic (exact) mass is 382 g/mol. The number of nitrogens with one attached hydrogen (secondary N) is 2. The Morgan fingerprint density at radius 3 is 2.21 bits per heavy atom. The van der Waals surface area contributed by atoms with Crippen molar-refractivity contribution in [2.24, 2.45) is 0 Å². The maximum Gasteiger partial charge on any atom is 0.306 e. The highest BCUT2D eigenvalue weighted by Crippen LogP contribution is 2.19. The number of para-hydroxylation sites is 1. The van der Waals surface area contributed by atoms with Crippen LogP contribution in [0.15, 0.2) is 48.5 Å². The van der Waals surface area contributed by atoms with Gasteiger partial charge in [0.25, 0.3) is 5.91 Å². The van der Waals surface area contributed by atoms with E-state index >= 15 is 0 Å². The van der Waals surface area contributed by atoms with Crippen molar-refractivity contribution in [1.29, 1.82) is 0 Å². The van der Waals surface area contributed by atoms with E-state index in [0.717, 1.165) is 22.4 Å². The third-order valence-corrected chi connectivity index (χ3v) is 4.40. The van der Waals surface area contributed by atoms with E-state index in [1.807, 2.05) is 69.3 Å². The fourth-order valence-corrected chi connectivity index (χ4v) is 2.78. The van der Waals surface area contributed by atoms with Gasteiger partial charge in [0, 0.05) is 5.69 Å². The van der Waals surface area contributed by atoms with Gasteiger partial charge < -0.3 is 15.4 Å². The number of carbonyl (C=O) groups is 3. The Hall–Kier alpha value is -3.15. The van der Waals surface area contributed by atoms with Crippen LogP contribution >= 0.6 is 0 Å². The molecular formula is C22H26N2O4. The smallest absolute Gasteiger partial charge is 0.306 e. The SMILES string of the molecule is Cc1cccc(C)c1NC(=O)CNC(=O)COC(=O)C[C@@H](C)c1ccccc1. The molecule has 0 bridgehead atoms. The number of hydrogen-bond acceptors (Lipinski definition) is 4. The lowest BCUT2D eigenvalue weighted by molar-refractivity contribution is -0.148. The first-order chi connectivity index (χ1) is 13.4. The van der Waals surface area contributed by atoms with E-state index in [0.29, 0.717) is 0 Å². The summed E-state index contributed by atoms with van der Waals surface area (Å²) < 4.78 is 5.00. The molecule has 0 aliphatic carbocycles. The summed E-state index contributed by atoms with van der Waals surface area (Å²) in [5.74, 6) is -1.31. The molecule has 0 radical (unpaired) electrons. The number of amides is 2. The van der Waals surface area contributed by atoms with Crippen molar-refractivity contribution in [3.05, 3.63) is 65.2 Å². The van der Waals surface area contributed by atoms with Gasteiger partial charge in [-0.25, -0.2) is 0 Å². The molecule has 0 aliphatic heterocycles. The second-order valence-electron chi connectivity index (χ2n) is 6.77. The summed E-state index contributed by atoms with van der Waals surface area (Å²) in [6.45, 7) is 5.13. The number of benzene rings is 2. The Bertz CT molecular complexity index is 813. The summed E-state index contributed by atoms with van der Waals surface area (Å²) in [4.78, 5) is 35.8. The molecule has 2 amide bonds. The molecule has 0 heterocycles. The fraction of sp³-hybridized carbons (Fsp3) is 0.318. The van der Waals surface area contributed by atoms with Gasteiger partial charge in [-0.2, -0.15) is 0 Å². The number of carbonyl (C=O) groups excluding carboxylic acids is 3. The normalized spacial score (nSPS) is 11.4. The van der Waals surface area contributed by atoms with E-state index in [2.05, 4.69) is 10.6 Å². The van der Waals surface area contributed by atoms with E-state index in [9.17, 15) is 14.4 Å². The van der Waals surface area contributed by atoms with Crippen LogP contribution < -0.4 is 10.6 Å². The molecule has 6 nitrogen and oxygen atoms in total. The lowest BCUT2D eigenvalue weighted by atomic mass is 9.98. The molecule has 0 unspecified atom stereocenters. The van der Waals surface area contributed by atoms with Crippen molar-refractivity contribution in [3.63, 3.8) is 0 Å². The summed E-state index contributed by atoms with van der Waals surface area (Å²) >= 11 is 0. The van der Waals surface area contributed by atoms with Gasteiger partial charge in [-0.3, -0.25) is 14.4 Å².